The lowest BCUT2D eigenvalue weighted by atomic mass is 9.85. The van der Waals surface area contributed by atoms with Crippen LogP contribution in [0.15, 0.2) is 29.3 Å². The zero-order chi connectivity index (χ0) is 22.3. The molecule has 2 fully saturated rings. The number of guanidine groups is 1. The monoisotopic (exact) mass is 559 g/mol. The summed E-state index contributed by atoms with van der Waals surface area (Å²) in [7, 11) is 5.80. The quantitative estimate of drug-likeness (QED) is 0.305. The summed E-state index contributed by atoms with van der Waals surface area (Å²) in [5.74, 6) is 2.31. The summed E-state index contributed by atoms with van der Waals surface area (Å²) < 4.78 is 10.8. The lowest BCUT2D eigenvalue weighted by molar-refractivity contribution is -0.00835. The maximum Gasteiger partial charge on any atom is 0.191 e. The number of methoxy groups -OCH3 is 1. The van der Waals surface area contributed by atoms with Gasteiger partial charge in [0.25, 0.3) is 0 Å². The van der Waals surface area contributed by atoms with Gasteiger partial charge in [0.1, 0.15) is 5.75 Å². The first-order valence-electron chi connectivity index (χ1n) is 11.6. The summed E-state index contributed by atoms with van der Waals surface area (Å²) in [6.45, 7) is 11.1. The molecule has 1 aromatic carbocycles. The molecule has 0 aromatic heterocycles. The molecule has 3 rings (SSSR count). The first-order chi connectivity index (χ1) is 14.9. The second-order valence-electron chi connectivity index (χ2n) is 9.32. The molecule has 0 amide bonds. The van der Waals surface area contributed by atoms with Crippen LogP contribution in [0.25, 0.3) is 0 Å². The van der Waals surface area contributed by atoms with Gasteiger partial charge in [-0.2, -0.15) is 0 Å². The fourth-order valence-electron chi connectivity index (χ4n) is 4.83. The van der Waals surface area contributed by atoms with Crippen LogP contribution in [0.3, 0.4) is 0 Å². The molecule has 0 saturated carbocycles. The predicted octanol–water partition coefficient (Wildman–Crippen LogP) is 2.97. The average Bonchev–Trinajstić information content (AvgIpc) is 2.80. The van der Waals surface area contributed by atoms with Gasteiger partial charge in [0.15, 0.2) is 5.96 Å². The van der Waals surface area contributed by atoms with E-state index in [1.807, 2.05) is 7.05 Å². The maximum absolute atomic E-state index is 5.51. The first kappa shape index (κ1) is 27.1. The molecule has 2 aliphatic rings. The molecule has 8 heteroatoms. The number of aliphatic imine (C=N–C) groups is 1. The minimum atomic E-state index is 0. The molecule has 0 aliphatic carbocycles. The third kappa shape index (κ3) is 7.20. The third-order valence-electron chi connectivity index (χ3n) is 6.78. The van der Waals surface area contributed by atoms with E-state index >= 15 is 0 Å². The van der Waals surface area contributed by atoms with Gasteiger partial charge in [0, 0.05) is 44.8 Å². The Morgan fingerprint density at radius 2 is 1.84 bits per heavy atom. The Hall–Kier alpha value is -1.10. The van der Waals surface area contributed by atoms with Gasteiger partial charge in [-0.1, -0.05) is 12.1 Å². The molecule has 1 aromatic rings. The molecule has 0 radical (unpaired) electrons. The fraction of sp³-hybridized carbons (Fsp3) is 0.708. The molecule has 182 valence electrons. The van der Waals surface area contributed by atoms with Crippen molar-refractivity contribution in [2.24, 2.45) is 10.9 Å². The van der Waals surface area contributed by atoms with E-state index in [1.165, 1.54) is 18.4 Å². The first-order valence-corrected chi connectivity index (χ1v) is 11.6. The second-order valence-corrected chi connectivity index (χ2v) is 9.32. The molecular weight excluding hydrogens is 517 g/mol. The Bertz CT molecular complexity index is 707. The maximum atomic E-state index is 5.51. The van der Waals surface area contributed by atoms with Gasteiger partial charge in [-0.15, -0.1) is 24.0 Å². The highest BCUT2D eigenvalue weighted by molar-refractivity contribution is 14.0. The molecule has 2 saturated heterocycles. The van der Waals surface area contributed by atoms with Crippen molar-refractivity contribution < 1.29 is 9.47 Å². The highest BCUT2D eigenvalue weighted by atomic mass is 127. The summed E-state index contributed by atoms with van der Waals surface area (Å²) in [6, 6.07) is 8.94. The average molecular weight is 560 g/mol. The van der Waals surface area contributed by atoms with Crippen molar-refractivity contribution in [3.05, 3.63) is 29.8 Å². The molecule has 2 aliphatic heterocycles. The normalized spacial score (nSPS) is 23.3. The van der Waals surface area contributed by atoms with Crippen LogP contribution in [0.5, 0.6) is 5.75 Å². The molecule has 2 N–H and O–H groups in total. The largest absolute Gasteiger partial charge is 0.497 e. The molecule has 2 atom stereocenters. The zero-order valence-electron chi connectivity index (χ0n) is 20.4. The standard InChI is InChI=1S/C24H41N5O2.HI/c1-24(2,29-13-15-31-16-14-29)18-27-23(25-3)26-17-20-7-6-12-28(4)22(20)19-8-10-21(30-5)11-9-19;/h8-11,20,22H,6-7,12-18H2,1-5H3,(H2,25,26,27);1H. The van der Waals surface area contributed by atoms with Gasteiger partial charge in [-0.25, -0.2) is 0 Å². The Labute approximate surface area is 211 Å². The summed E-state index contributed by atoms with van der Waals surface area (Å²) in [5.41, 5.74) is 1.41. The SMILES string of the molecule is CN=C(NCC1CCCN(C)C1c1ccc(OC)cc1)NCC(C)(C)N1CCOCC1.I. The van der Waals surface area contributed by atoms with Crippen LogP contribution >= 0.6 is 24.0 Å². The lowest BCUT2D eigenvalue weighted by Gasteiger charge is -2.41. The number of rotatable bonds is 7. The van der Waals surface area contributed by atoms with Crippen molar-refractivity contribution in [1.82, 2.24) is 20.4 Å². The highest BCUT2D eigenvalue weighted by Gasteiger charge is 2.31. The van der Waals surface area contributed by atoms with E-state index in [9.17, 15) is 0 Å². The van der Waals surface area contributed by atoms with Crippen molar-refractivity contribution in [2.45, 2.75) is 38.3 Å². The summed E-state index contributed by atoms with van der Waals surface area (Å²) in [5, 5.41) is 7.16. The van der Waals surface area contributed by atoms with Gasteiger partial charge in [-0.3, -0.25) is 14.8 Å². The van der Waals surface area contributed by atoms with E-state index < -0.39 is 0 Å². The van der Waals surface area contributed by atoms with E-state index in [4.69, 9.17) is 9.47 Å². The number of nitrogens with zero attached hydrogens (tertiary/aromatic N) is 3. The molecule has 32 heavy (non-hydrogen) atoms. The number of benzene rings is 1. The molecule has 7 nitrogen and oxygen atoms in total. The van der Waals surface area contributed by atoms with E-state index in [2.05, 4.69) is 70.6 Å². The molecule has 0 bridgehead atoms. The topological polar surface area (TPSA) is 61.4 Å². The number of hydrogen-bond donors (Lipinski definition) is 2. The van der Waals surface area contributed by atoms with E-state index in [0.29, 0.717) is 12.0 Å². The van der Waals surface area contributed by atoms with Crippen LogP contribution in [0.1, 0.15) is 38.3 Å². The van der Waals surface area contributed by atoms with Crippen LogP contribution in [0.4, 0.5) is 0 Å². The van der Waals surface area contributed by atoms with Gasteiger partial charge in [0.2, 0.25) is 0 Å². The fourth-order valence-corrected chi connectivity index (χ4v) is 4.83. The number of ether oxygens (including phenoxy) is 2. The van der Waals surface area contributed by atoms with E-state index in [1.54, 1.807) is 7.11 Å². The minimum Gasteiger partial charge on any atom is -0.497 e. The van der Waals surface area contributed by atoms with Gasteiger partial charge in [0.05, 0.1) is 20.3 Å². The predicted molar refractivity (Wildman–Crippen MR) is 142 cm³/mol. The van der Waals surface area contributed by atoms with Gasteiger partial charge < -0.3 is 20.1 Å². The molecule has 2 unspecified atom stereocenters. The van der Waals surface area contributed by atoms with Crippen LogP contribution in [0.2, 0.25) is 0 Å². The minimum absolute atomic E-state index is 0. The molecule has 2 heterocycles. The van der Waals surface area contributed by atoms with Crippen LogP contribution in [0, 0.1) is 5.92 Å². The Balaban J connectivity index is 0.00000363. The lowest BCUT2D eigenvalue weighted by Crippen LogP contribution is -2.56. The Morgan fingerprint density at radius 1 is 1.16 bits per heavy atom. The van der Waals surface area contributed by atoms with Crippen molar-refractivity contribution in [3.63, 3.8) is 0 Å². The van der Waals surface area contributed by atoms with E-state index in [-0.39, 0.29) is 29.5 Å². The number of nitrogens with one attached hydrogen (secondary N) is 2. The summed E-state index contributed by atoms with van der Waals surface area (Å²) in [6.07, 6.45) is 2.44. The smallest absolute Gasteiger partial charge is 0.191 e. The van der Waals surface area contributed by atoms with Crippen LogP contribution in [-0.2, 0) is 4.74 Å². The number of hydrogen-bond acceptors (Lipinski definition) is 5. The summed E-state index contributed by atoms with van der Waals surface area (Å²) >= 11 is 0. The third-order valence-corrected chi connectivity index (χ3v) is 6.78. The number of piperidine rings is 1. The van der Waals surface area contributed by atoms with Crippen LogP contribution < -0.4 is 15.4 Å². The van der Waals surface area contributed by atoms with Crippen molar-refractivity contribution in [2.75, 3.05) is 67.1 Å². The number of halogens is 1. The molecular formula is C24H42IN5O2. The van der Waals surface area contributed by atoms with Crippen molar-refractivity contribution in [1.29, 1.82) is 0 Å². The molecule has 0 spiro atoms. The Kier molecular flexibility index (Phi) is 11.0. The number of morpholine rings is 1. The van der Waals surface area contributed by atoms with Gasteiger partial charge >= 0.3 is 0 Å². The van der Waals surface area contributed by atoms with Gasteiger partial charge in [-0.05, 0) is 63.9 Å². The number of likely N-dealkylation sites (tertiary alicyclic amines) is 1. The summed E-state index contributed by atoms with van der Waals surface area (Å²) in [4.78, 5) is 9.46. The highest BCUT2D eigenvalue weighted by Crippen LogP contribution is 2.35. The van der Waals surface area contributed by atoms with Crippen LogP contribution in [-0.4, -0.2) is 88.4 Å². The van der Waals surface area contributed by atoms with Crippen molar-refractivity contribution >= 4 is 29.9 Å². The second kappa shape index (κ2) is 13.0. The van der Waals surface area contributed by atoms with E-state index in [0.717, 1.165) is 57.6 Å². The zero-order valence-corrected chi connectivity index (χ0v) is 22.7. The van der Waals surface area contributed by atoms with Crippen molar-refractivity contribution in [3.8, 4) is 5.75 Å². The Morgan fingerprint density at radius 3 is 2.47 bits per heavy atom.